The molecule has 2 rings (SSSR count). The zero-order valence-electron chi connectivity index (χ0n) is 10.9. The van der Waals surface area contributed by atoms with Gasteiger partial charge >= 0.3 is 0 Å². The molecule has 0 aliphatic carbocycles. The van der Waals surface area contributed by atoms with Crippen molar-refractivity contribution in [1.82, 2.24) is 9.55 Å². The first-order valence-electron chi connectivity index (χ1n) is 5.87. The second-order valence-corrected chi connectivity index (χ2v) is 5.08. The maximum atomic E-state index is 11.3. The van der Waals surface area contributed by atoms with Gasteiger partial charge in [0.15, 0.2) is 0 Å². The summed E-state index contributed by atoms with van der Waals surface area (Å²) in [5.41, 5.74) is 6.72. The van der Waals surface area contributed by atoms with Gasteiger partial charge in [-0.3, -0.25) is 4.79 Å². The van der Waals surface area contributed by atoms with Crippen molar-refractivity contribution in [3.8, 4) is 0 Å². The Balaban J connectivity index is 2.23. The summed E-state index contributed by atoms with van der Waals surface area (Å²) in [6, 6.07) is 7.89. The molecule has 0 bridgehead atoms. The normalized spacial score (nSPS) is 11.7. The van der Waals surface area contributed by atoms with Crippen molar-refractivity contribution >= 4 is 22.9 Å². The highest BCUT2D eigenvalue weighted by Gasteiger charge is 2.25. The van der Waals surface area contributed by atoms with Gasteiger partial charge in [-0.05, 0) is 26.0 Å². The SMILES string of the molecule is Cn1c(NCC(C)(C)C(N)=O)nc2ccccc21. The van der Waals surface area contributed by atoms with Gasteiger partial charge in [-0.2, -0.15) is 0 Å². The number of anilines is 1. The molecule has 3 N–H and O–H groups in total. The largest absolute Gasteiger partial charge is 0.369 e. The van der Waals surface area contributed by atoms with Gasteiger partial charge < -0.3 is 15.6 Å². The number of imidazole rings is 1. The van der Waals surface area contributed by atoms with Crippen LogP contribution < -0.4 is 11.1 Å². The molecule has 0 spiro atoms. The molecule has 0 aliphatic rings. The van der Waals surface area contributed by atoms with E-state index in [4.69, 9.17) is 5.73 Å². The zero-order chi connectivity index (χ0) is 13.3. The molecule has 2 aromatic rings. The highest BCUT2D eigenvalue weighted by atomic mass is 16.1. The highest BCUT2D eigenvalue weighted by Crippen LogP contribution is 2.20. The third kappa shape index (κ3) is 2.16. The number of nitrogens with one attached hydrogen (secondary N) is 1. The molecule has 1 aromatic carbocycles. The van der Waals surface area contributed by atoms with E-state index in [0.29, 0.717) is 6.54 Å². The molecule has 0 unspecified atom stereocenters. The van der Waals surface area contributed by atoms with E-state index in [1.54, 1.807) is 0 Å². The second-order valence-electron chi connectivity index (χ2n) is 5.08. The molecular formula is C13H18N4O. The third-order valence-electron chi connectivity index (χ3n) is 3.14. The Labute approximate surface area is 106 Å². The minimum atomic E-state index is -0.599. The van der Waals surface area contributed by atoms with E-state index in [1.165, 1.54) is 0 Å². The summed E-state index contributed by atoms with van der Waals surface area (Å²) in [6.07, 6.45) is 0. The van der Waals surface area contributed by atoms with Crippen LogP contribution in [0.5, 0.6) is 0 Å². The Hall–Kier alpha value is -2.04. The van der Waals surface area contributed by atoms with Gasteiger partial charge in [-0.25, -0.2) is 4.98 Å². The van der Waals surface area contributed by atoms with Crippen LogP contribution in [0.1, 0.15) is 13.8 Å². The number of carbonyl (C=O) groups excluding carboxylic acids is 1. The van der Waals surface area contributed by atoms with E-state index in [9.17, 15) is 4.79 Å². The number of benzene rings is 1. The zero-order valence-corrected chi connectivity index (χ0v) is 10.9. The Morgan fingerprint density at radius 3 is 2.72 bits per heavy atom. The maximum absolute atomic E-state index is 11.3. The van der Waals surface area contributed by atoms with Gasteiger partial charge in [-0.1, -0.05) is 12.1 Å². The summed E-state index contributed by atoms with van der Waals surface area (Å²) in [7, 11) is 1.94. The summed E-state index contributed by atoms with van der Waals surface area (Å²) in [6.45, 7) is 4.08. The monoisotopic (exact) mass is 246 g/mol. The number of aryl methyl sites for hydroxylation is 1. The fourth-order valence-corrected chi connectivity index (χ4v) is 1.69. The van der Waals surface area contributed by atoms with Crippen LogP contribution in [0.3, 0.4) is 0 Å². The van der Waals surface area contributed by atoms with Gasteiger partial charge in [0, 0.05) is 13.6 Å². The van der Waals surface area contributed by atoms with Gasteiger partial charge in [0.2, 0.25) is 11.9 Å². The molecule has 0 radical (unpaired) electrons. The molecule has 1 amide bonds. The molecule has 0 saturated carbocycles. The summed E-state index contributed by atoms with van der Waals surface area (Å²) in [5, 5.41) is 3.18. The number of carbonyl (C=O) groups is 1. The summed E-state index contributed by atoms with van der Waals surface area (Å²) >= 11 is 0. The van der Waals surface area contributed by atoms with Crippen molar-refractivity contribution in [2.45, 2.75) is 13.8 Å². The number of fused-ring (bicyclic) bond motifs is 1. The minimum absolute atomic E-state index is 0.325. The first-order chi connectivity index (χ1) is 8.42. The van der Waals surface area contributed by atoms with Crippen molar-refractivity contribution in [3.63, 3.8) is 0 Å². The number of rotatable bonds is 4. The van der Waals surface area contributed by atoms with Crippen LogP contribution in [0.2, 0.25) is 0 Å². The standard InChI is InChI=1S/C13H18N4O/c1-13(2,11(14)18)8-15-12-16-9-6-4-5-7-10(9)17(12)3/h4-7H,8H2,1-3H3,(H2,14,18)(H,15,16). The molecule has 1 heterocycles. The highest BCUT2D eigenvalue weighted by molar-refractivity contribution is 5.81. The van der Waals surface area contributed by atoms with Crippen molar-refractivity contribution in [3.05, 3.63) is 24.3 Å². The lowest BCUT2D eigenvalue weighted by Gasteiger charge is -2.20. The van der Waals surface area contributed by atoms with Crippen LogP contribution >= 0.6 is 0 Å². The van der Waals surface area contributed by atoms with Crippen LogP contribution in [0.4, 0.5) is 5.95 Å². The number of aromatic nitrogens is 2. The van der Waals surface area contributed by atoms with E-state index >= 15 is 0 Å². The number of para-hydroxylation sites is 2. The van der Waals surface area contributed by atoms with Gasteiger partial charge in [0.1, 0.15) is 0 Å². The Morgan fingerprint density at radius 1 is 1.44 bits per heavy atom. The molecule has 96 valence electrons. The average Bonchev–Trinajstić information content (AvgIpc) is 2.64. The summed E-state index contributed by atoms with van der Waals surface area (Å²) in [5.74, 6) is 0.416. The molecule has 5 heteroatoms. The maximum Gasteiger partial charge on any atom is 0.224 e. The summed E-state index contributed by atoms with van der Waals surface area (Å²) in [4.78, 5) is 15.7. The van der Waals surface area contributed by atoms with Crippen LogP contribution in [0, 0.1) is 5.41 Å². The van der Waals surface area contributed by atoms with E-state index in [-0.39, 0.29) is 5.91 Å². The number of nitrogens with zero attached hydrogens (tertiary/aromatic N) is 2. The molecule has 1 aromatic heterocycles. The first-order valence-corrected chi connectivity index (χ1v) is 5.87. The Bertz CT molecular complexity index is 586. The van der Waals surface area contributed by atoms with Crippen molar-refractivity contribution in [2.75, 3.05) is 11.9 Å². The topological polar surface area (TPSA) is 72.9 Å². The van der Waals surface area contributed by atoms with E-state index in [1.807, 2.05) is 49.7 Å². The number of nitrogens with two attached hydrogens (primary N) is 1. The van der Waals surface area contributed by atoms with Gasteiger partial charge in [-0.15, -0.1) is 0 Å². The fourth-order valence-electron chi connectivity index (χ4n) is 1.69. The summed E-state index contributed by atoms with van der Waals surface area (Å²) < 4.78 is 1.96. The van der Waals surface area contributed by atoms with Crippen LogP contribution in [-0.4, -0.2) is 22.0 Å². The van der Waals surface area contributed by atoms with Crippen molar-refractivity contribution in [1.29, 1.82) is 0 Å². The molecule has 0 atom stereocenters. The van der Waals surface area contributed by atoms with E-state index in [0.717, 1.165) is 17.0 Å². The van der Waals surface area contributed by atoms with E-state index < -0.39 is 5.41 Å². The van der Waals surface area contributed by atoms with Crippen molar-refractivity contribution < 1.29 is 4.79 Å². The van der Waals surface area contributed by atoms with Gasteiger partial charge in [0.05, 0.1) is 16.4 Å². The van der Waals surface area contributed by atoms with Crippen LogP contribution in [0.15, 0.2) is 24.3 Å². The minimum Gasteiger partial charge on any atom is -0.369 e. The number of hydrogen-bond donors (Lipinski definition) is 2. The lowest BCUT2D eigenvalue weighted by Crippen LogP contribution is -2.37. The average molecular weight is 246 g/mol. The second kappa shape index (κ2) is 4.33. The predicted molar refractivity (Wildman–Crippen MR) is 72.2 cm³/mol. The van der Waals surface area contributed by atoms with E-state index in [2.05, 4.69) is 10.3 Å². The lowest BCUT2D eigenvalue weighted by molar-refractivity contribution is -0.125. The van der Waals surface area contributed by atoms with Crippen LogP contribution in [-0.2, 0) is 11.8 Å². The number of amides is 1. The predicted octanol–water partition coefficient (Wildman–Crippen LogP) is 1.50. The first kappa shape index (κ1) is 12.4. The molecule has 18 heavy (non-hydrogen) atoms. The molecule has 5 nitrogen and oxygen atoms in total. The molecule has 0 fully saturated rings. The number of hydrogen-bond acceptors (Lipinski definition) is 3. The Morgan fingerprint density at radius 2 is 2.11 bits per heavy atom. The third-order valence-corrected chi connectivity index (χ3v) is 3.14. The molecular weight excluding hydrogens is 228 g/mol. The smallest absolute Gasteiger partial charge is 0.224 e. The van der Waals surface area contributed by atoms with Gasteiger partial charge in [0.25, 0.3) is 0 Å². The molecule has 0 saturated heterocycles. The van der Waals surface area contributed by atoms with Crippen LogP contribution in [0.25, 0.3) is 11.0 Å². The Kier molecular flexibility index (Phi) is 2.98. The number of primary amides is 1. The van der Waals surface area contributed by atoms with Crippen molar-refractivity contribution in [2.24, 2.45) is 18.2 Å². The lowest BCUT2D eigenvalue weighted by atomic mass is 9.93. The quantitative estimate of drug-likeness (QED) is 0.858. The molecule has 0 aliphatic heterocycles. The fraction of sp³-hybridized carbons (Fsp3) is 0.385.